The number of anilines is 1. The summed E-state index contributed by atoms with van der Waals surface area (Å²) in [5.41, 5.74) is 0.707. The molecule has 1 amide bonds. The smallest absolute Gasteiger partial charge is 0.406 e. The van der Waals surface area contributed by atoms with Crippen LogP contribution in [0.1, 0.15) is 15.9 Å². The number of H-pyrrole nitrogens is 1. The van der Waals surface area contributed by atoms with Crippen molar-refractivity contribution in [3.05, 3.63) is 59.3 Å². The summed E-state index contributed by atoms with van der Waals surface area (Å²) in [6.07, 6.45) is -3.57. The summed E-state index contributed by atoms with van der Waals surface area (Å²) >= 11 is 0. The molecule has 4 nitrogen and oxygen atoms in total. The zero-order valence-electron chi connectivity index (χ0n) is 13.2. The van der Waals surface area contributed by atoms with E-state index < -0.39 is 29.7 Å². The molecule has 3 aromatic rings. The second-order valence-corrected chi connectivity index (χ2v) is 5.55. The van der Waals surface area contributed by atoms with Gasteiger partial charge in [-0.2, -0.15) is 0 Å². The number of fused-ring (bicyclic) bond motifs is 1. The number of aromatic nitrogens is 1. The van der Waals surface area contributed by atoms with Gasteiger partial charge in [-0.25, -0.2) is 8.78 Å². The number of hydrogen-bond acceptors (Lipinski definition) is 2. The molecule has 0 radical (unpaired) electrons. The normalized spacial score (nSPS) is 11.6. The van der Waals surface area contributed by atoms with Crippen molar-refractivity contribution in [1.29, 1.82) is 0 Å². The highest BCUT2D eigenvalue weighted by atomic mass is 19.4. The average Bonchev–Trinajstić information content (AvgIpc) is 2.87. The molecule has 0 saturated carbocycles. The summed E-state index contributed by atoms with van der Waals surface area (Å²) < 4.78 is 67.5. The number of halogens is 5. The minimum absolute atomic E-state index is 0.0822. The lowest BCUT2D eigenvalue weighted by Crippen LogP contribution is -2.18. The van der Waals surface area contributed by atoms with Crippen LogP contribution in [-0.4, -0.2) is 17.3 Å². The summed E-state index contributed by atoms with van der Waals surface area (Å²) in [6.45, 7) is 1.50. The van der Waals surface area contributed by atoms with Gasteiger partial charge in [-0.05, 0) is 36.8 Å². The molecule has 0 spiro atoms. The Balaban J connectivity index is 1.90. The summed E-state index contributed by atoms with van der Waals surface area (Å²) in [5, 5.41) is 2.67. The van der Waals surface area contributed by atoms with Crippen LogP contribution >= 0.6 is 0 Å². The number of nitrogens with one attached hydrogen (secondary N) is 2. The fourth-order valence-electron chi connectivity index (χ4n) is 2.49. The first-order chi connectivity index (χ1) is 12.1. The SMILES string of the molecule is Cc1cc(OC(F)(F)F)cc(C(=O)Nc2c[nH]c3cc(F)c(F)cc23)c1. The largest absolute Gasteiger partial charge is 0.573 e. The molecule has 0 aliphatic heterocycles. The van der Waals surface area contributed by atoms with Gasteiger partial charge < -0.3 is 15.0 Å². The second kappa shape index (κ2) is 6.32. The van der Waals surface area contributed by atoms with E-state index in [0.29, 0.717) is 5.56 Å². The fourth-order valence-corrected chi connectivity index (χ4v) is 2.49. The number of carbonyl (C=O) groups excluding carboxylic acids is 1. The van der Waals surface area contributed by atoms with E-state index in [-0.39, 0.29) is 22.2 Å². The van der Waals surface area contributed by atoms with E-state index in [1.165, 1.54) is 19.2 Å². The molecule has 3 rings (SSSR count). The molecule has 0 atom stereocenters. The number of hydrogen-bond donors (Lipinski definition) is 2. The highest BCUT2D eigenvalue weighted by Crippen LogP contribution is 2.28. The molecule has 26 heavy (non-hydrogen) atoms. The molecule has 136 valence electrons. The molecule has 0 bridgehead atoms. The van der Waals surface area contributed by atoms with E-state index in [0.717, 1.165) is 24.3 Å². The van der Waals surface area contributed by atoms with Crippen LogP contribution in [0.3, 0.4) is 0 Å². The van der Waals surface area contributed by atoms with Crippen molar-refractivity contribution in [2.45, 2.75) is 13.3 Å². The predicted octanol–water partition coefficient (Wildman–Crippen LogP) is 4.91. The quantitative estimate of drug-likeness (QED) is 0.644. The van der Waals surface area contributed by atoms with E-state index in [4.69, 9.17) is 0 Å². The first-order valence-electron chi connectivity index (χ1n) is 7.27. The monoisotopic (exact) mass is 370 g/mol. The molecule has 9 heteroatoms. The number of aromatic amines is 1. The maximum absolute atomic E-state index is 13.4. The Hall–Kier alpha value is -3.10. The van der Waals surface area contributed by atoms with Gasteiger partial charge in [-0.1, -0.05) is 0 Å². The summed E-state index contributed by atoms with van der Waals surface area (Å²) in [5.74, 6) is -3.41. The number of benzene rings is 2. The van der Waals surface area contributed by atoms with Gasteiger partial charge in [0.25, 0.3) is 5.91 Å². The number of aryl methyl sites for hydroxylation is 1. The van der Waals surface area contributed by atoms with Crippen molar-refractivity contribution in [3.8, 4) is 5.75 Å². The number of amides is 1. The van der Waals surface area contributed by atoms with Gasteiger partial charge in [0, 0.05) is 23.2 Å². The van der Waals surface area contributed by atoms with Crippen LogP contribution in [-0.2, 0) is 0 Å². The molecule has 1 heterocycles. The molecule has 0 saturated heterocycles. The van der Waals surface area contributed by atoms with E-state index in [1.807, 2.05) is 0 Å². The van der Waals surface area contributed by atoms with Crippen LogP contribution in [0.5, 0.6) is 5.75 Å². The lowest BCUT2D eigenvalue weighted by Gasteiger charge is -2.11. The molecular formula is C17H11F5N2O2. The molecule has 2 aromatic carbocycles. The number of alkyl halides is 3. The van der Waals surface area contributed by atoms with Crippen molar-refractivity contribution in [3.63, 3.8) is 0 Å². The third-order valence-corrected chi connectivity index (χ3v) is 3.52. The average molecular weight is 370 g/mol. The van der Waals surface area contributed by atoms with Gasteiger partial charge in [0.2, 0.25) is 0 Å². The van der Waals surface area contributed by atoms with Crippen LogP contribution in [0.25, 0.3) is 10.9 Å². The van der Waals surface area contributed by atoms with Crippen molar-refractivity contribution >= 4 is 22.5 Å². The highest BCUT2D eigenvalue weighted by molar-refractivity contribution is 6.09. The maximum atomic E-state index is 13.4. The fraction of sp³-hybridized carbons (Fsp3) is 0.118. The Labute approximate surface area is 143 Å². The highest BCUT2D eigenvalue weighted by Gasteiger charge is 2.31. The lowest BCUT2D eigenvalue weighted by atomic mass is 10.1. The van der Waals surface area contributed by atoms with Crippen molar-refractivity contribution in [2.24, 2.45) is 0 Å². The molecule has 0 fully saturated rings. The molecular weight excluding hydrogens is 359 g/mol. The Morgan fingerprint density at radius 3 is 2.46 bits per heavy atom. The first-order valence-corrected chi connectivity index (χ1v) is 7.27. The maximum Gasteiger partial charge on any atom is 0.573 e. The van der Waals surface area contributed by atoms with Crippen molar-refractivity contribution < 1.29 is 31.5 Å². The van der Waals surface area contributed by atoms with E-state index in [2.05, 4.69) is 15.0 Å². The summed E-state index contributed by atoms with van der Waals surface area (Å²) in [6, 6.07) is 5.28. The van der Waals surface area contributed by atoms with Crippen LogP contribution in [0, 0.1) is 18.6 Å². The summed E-state index contributed by atoms with van der Waals surface area (Å²) in [4.78, 5) is 15.0. The molecule has 0 aliphatic rings. The third-order valence-electron chi connectivity index (χ3n) is 3.52. The van der Waals surface area contributed by atoms with E-state index in [1.54, 1.807) is 0 Å². The zero-order valence-corrected chi connectivity index (χ0v) is 13.2. The molecule has 1 aromatic heterocycles. The van der Waals surface area contributed by atoms with E-state index in [9.17, 15) is 26.7 Å². The lowest BCUT2D eigenvalue weighted by molar-refractivity contribution is -0.274. The van der Waals surface area contributed by atoms with Crippen LogP contribution < -0.4 is 10.1 Å². The van der Waals surface area contributed by atoms with Crippen LogP contribution in [0.4, 0.5) is 27.6 Å². The Bertz CT molecular complexity index is 995. The number of rotatable bonds is 3. The molecule has 0 unspecified atom stereocenters. The first kappa shape index (κ1) is 17.7. The Kier molecular flexibility index (Phi) is 4.31. The standard InChI is InChI=1S/C17H11F5N2O2/c1-8-2-9(4-10(3-8)26-17(20,21)22)16(25)24-15-7-23-14-6-13(19)12(18)5-11(14)15/h2-7,23H,1H3,(H,24,25). The predicted molar refractivity (Wildman–Crippen MR) is 84.0 cm³/mol. The van der Waals surface area contributed by atoms with Crippen LogP contribution in [0.15, 0.2) is 36.5 Å². The van der Waals surface area contributed by atoms with Gasteiger partial charge in [0.15, 0.2) is 11.6 Å². The topological polar surface area (TPSA) is 54.1 Å². The molecule has 0 aliphatic carbocycles. The van der Waals surface area contributed by atoms with Gasteiger partial charge in [0.05, 0.1) is 11.2 Å². The van der Waals surface area contributed by atoms with Crippen LogP contribution in [0.2, 0.25) is 0 Å². The number of ether oxygens (including phenoxy) is 1. The van der Waals surface area contributed by atoms with Crippen molar-refractivity contribution in [1.82, 2.24) is 4.98 Å². The summed E-state index contributed by atoms with van der Waals surface area (Å²) in [7, 11) is 0. The van der Waals surface area contributed by atoms with E-state index >= 15 is 0 Å². The van der Waals surface area contributed by atoms with Gasteiger partial charge in [0.1, 0.15) is 5.75 Å². The van der Waals surface area contributed by atoms with Crippen molar-refractivity contribution in [2.75, 3.05) is 5.32 Å². The molecule has 2 N–H and O–H groups in total. The Morgan fingerprint density at radius 2 is 1.77 bits per heavy atom. The van der Waals surface area contributed by atoms with Gasteiger partial charge in [-0.15, -0.1) is 13.2 Å². The zero-order chi connectivity index (χ0) is 19.1. The van der Waals surface area contributed by atoms with Gasteiger partial charge in [-0.3, -0.25) is 4.79 Å². The minimum Gasteiger partial charge on any atom is -0.406 e. The second-order valence-electron chi connectivity index (χ2n) is 5.55. The number of carbonyl (C=O) groups is 1. The Morgan fingerprint density at radius 1 is 1.08 bits per heavy atom. The minimum atomic E-state index is -4.89. The third kappa shape index (κ3) is 3.76. The van der Waals surface area contributed by atoms with Gasteiger partial charge >= 0.3 is 6.36 Å².